The summed E-state index contributed by atoms with van der Waals surface area (Å²) in [6.07, 6.45) is 1.76. The van der Waals surface area contributed by atoms with E-state index in [1.807, 2.05) is 85.8 Å². The number of nitrogens with one attached hydrogen (secondary N) is 1. The standard InChI is InChI=1S/C38H32Cl2N2O5/c1-2-3-21-47-36(46)24-17-19-25(20-18-24)41-33(43)30(22-23-11-5-4-6-12-23)42-34(44)31-32(35(42)45)38(40)27-14-8-7-13-26(27)37(31,39)28-15-9-10-16-29(28)38/h4-20,30-32H,2-3,21-22H2,1H3,(H,41,43)/t30-,31+,32+,37?,38?/m0/s1. The minimum Gasteiger partial charge on any atom is -0.462 e. The van der Waals surface area contributed by atoms with E-state index in [1.165, 1.54) is 0 Å². The molecule has 1 fully saturated rings. The molecule has 7 nitrogen and oxygen atoms in total. The molecule has 47 heavy (non-hydrogen) atoms. The molecule has 1 heterocycles. The maximum Gasteiger partial charge on any atom is 0.338 e. The zero-order valence-corrected chi connectivity index (χ0v) is 27.1. The molecule has 0 aromatic heterocycles. The number of hydrogen-bond acceptors (Lipinski definition) is 5. The third kappa shape index (κ3) is 4.78. The Labute approximate surface area is 282 Å². The first-order chi connectivity index (χ1) is 22.7. The summed E-state index contributed by atoms with van der Waals surface area (Å²) in [5, 5.41) is 2.87. The maximum absolute atomic E-state index is 14.7. The first kappa shape index (κ1) is 31.2. The van der Waals surface area contributed by atoms with E-state index in [9.17, 15) is 19.2 Å². The van der Waals surface area contributed by atoms with Crippen LogP contribution in [-0.2, 0) is 35.3 Å². The summed E-state index contributed by atoms with van der Waals surface area (Å²) in [5.41, 5.74) is 4.28. The van der Waals surface area contributed by atoms with E-state index >= 15 is 0 Å². The van der Waals surface area contributed by atoms with Gasteiger partial charge in [-0.1, -0.05) is 92.2 Å². The lowest BCUT2D eigenvalue weighted by Gasteiger charge is -2.54. The number of alkyl halides is 2. The number of amides is 3. The molecular formula is C38H32Cl2N2O5. The van der Waals surface area contributed by atoms with E-state index in [2.05, 4.69) is 5.32 Å². The molecule has 0 saturated carbocycles. The summed E-state index contributed by atoms with van der Waals surface area (Å²) in [7, 11) is 0. The number of carbonyl (C=O) groups is 4. The summed E-state index contributed by atoms with van der Waals surface area (Å²) in [4.78, 5) is 54.2. The van der Waals surface area contributed by atoms with Crippen LogP contribution in [0.1, 0.15) is 57.9 Å². The van der Waals surface area contributed by atoms with Crippen molar-refractivity contribution in [2.75, 3.05) is 11.9 Å². The molecule has 0 radical (unpaired) electrons. The van der Waals surface area contributed by atoms with Gasteiger partial charge in [-0.25, -0.2) is 4.79 Å². The van der Waals surface area contributed by atoms with Crippen LogP contribution in [0.5, 0.6) is 0 Å². The Kier molecular flexibility index (Phi) is 7.93. The van der Waals surface area contributed by atoms with Crippen LogP contribution < -0.4 is 5.32 Å². The number of halogens is 2. The number of likely N-dealkylation sites (tertiary alicyclic amines) is 1. The predicted molar refractivity (Wildman–Crippen MR) is 179 cm³/mol. The summed E-state index contributed by atoms with van der Waals surface area (Å²) in [6, 6.07) is 29.2. The maximum atomic E-state index is 14.7. The lowest BCUT2D eigenvalue weighted by atomic mass is 9.54. The van der Waals surface area contributed by atoms with E-state index in [4.69, 9.17) is 27.9 Å². The van der Waals surface area contributed by atoms with Crippen LogP contribution in [0.25, 0.3) is 0 Å². The molecule has 0 spiro atoms. The molecule has 3 aliphatic carbocycles. The highest BCUT2D eigenvalue weighted by molar-refractivity contribution is 6.36. The van der Waals surface area contributed by atoms with Crippen LogP contribution in [0.15, 0.2) is 103 Å². The Balaban J connectivity index is 1.25. The average molecular weight is 668 g/mol. The summed E-state index contributed by atoms with van der Waals surface area (Å²) >= 11 is 15.2. The number of rotatable bonds is 9. The largest absolute Gasteiger partial charge is 0.462 e. The van der Waals surface area contributed by atoms with E-state index in [1.54, 1.807) is 24.3 Å². The second-order valence-corrected chi connectivity index (χ2v) is 13.5. The molecule has 3 atom stereocenters. The van der Waals surface area contributed by atoms with Gasteiger partial charge in [-0.15, -0.1) is 23.2 Å². The summed E-state index contributed by atoms with van der Waals surface area (Å²) in [5.74, 6) is -4.13. The van der Waals surface area contributed by atoms with Gasteiger partial charge in [0.05, 0.1) is 24.0 Å². The zero-order chi connectivity index (χ0) is 32.9. The molecule has 3 amide bonds. The van der Waals surface area contributed by atoms with Crippen molar-refractivity contribution in [3.8, 4) is 0 Å². The van der Waals surface area contributed by atoms with E-state index in [0.717, 1.165) is 23.3 Å². The fourth-order valence-corrected chi connectivity index (χ4v) is 8.54. The highest BCUT2D eigenvalue weighted by atomic mass is 35.5. The van der Waals surface area contributed by atoms with Crippen molar-refractivity contribution >= 4 is 52.6 Å². The Bertz CT molecular complexity index is 1770. The monoisotopic (exact) mass is 666 g/mol. The van der Waals surface area contributed by atoms with Gasteiger partial charge in [-0.05, 0) is 58.5 Å². The van der Waals surface area contributed by atoms with Gasteiger partial charge in [0.15, 0.2) is 0 Å². The molecule has 0 unspecified atom stereocenters. The number of esters is 1. The molecule has 9 heteroatoms. The van der Waals surface area contributed by atoms with Crippen molar-refractivity contribution in [1.82, 2.24) is 4.90 Å². The van der Waals surface area contributed by atoms with Crippen LogP contribution in [0.4, 0.5) is 5.69 Å². The van der Waals surface area contributed by atoms with Crippen LogP contribution in [0.2, 0.25) is 0 Å². The highest BCUT2D eigenvalue weighted by Crippen LogP contribution is 2.69. The van der Waals surface area contributed by atoms with Gasteiger partial charge in [0.1, 0.15) is 15.8 Å². The minimum atomic E-state index is -1.36. The van der Waals surface area contributed by atoms with Crippen molar-refractivity contribution in [3.05, 3.63) is 137 Å². The predicted octanol–water partition coefficient (Wildman–Crippen LogP) is 6.79. The number of hydrogen-bond donors (Lipinski definition) is 1. The molecular weight excluding hydrogens is 635 g/mol. The lowest BCUT2D eigenvalue weighted by molar-refractivity contribution is -0.146. The van der Waals surface area contributed by atoms with Gasteiger partial charge >= 0.3 is 5.97 Å². The van der Waals surface area contributed by atoms with Crippen molar-refractivity contribution in [2.45, 2.75) is 42.0 Å². The van der Waals surface area contributed by atoms with Crippen LogP contribution in [0, 0.1) is 11.8 Å². The van der Waals surface area contributed by atoms with E-state index in [0.29, 0.717) is 40.1 Å². The van der Waals surface area contributed by atoms with Gasteiger partial charge < -0.3 is 10.1 Å². The summed E-state index contributed by atoms with van der Waals surface area (Å²) < 4.78 is 5.29. The molecule has 1 aliphatic heterocycles. The number of carbonyl (C=O) groups excluding carboxylic acids is 4. The van der Waals surface area contributed by atoms with Gasteiger partial charge in [0, 0.05) is 12.1 Å². The molecule has 4 aliphatic rings. The average Bonchev–Trinajstić information content (AvgIpc) is 3.37. The fourth-order valence-electron chi connectivity index (χ4n) is 7.44. The SMILES string of the molecule is CCCCOC(=O)c1ccc(NC(=O)[C@H](Cc2ccccc2)N2C(=O)[C@H]3[C@H](C2=O)C2(Cl)c4ccccc4C3(Cl)c3ccccc32)cc1. The molecule has 238 valence electrons. The number of anilines is 1. The lowest BCUT2D eigenvalue weighted by Crippen LogP contribution is -2.57. The van der Waals surface area contributed by atoms with Gasteiger partial charge in [-0.3, -0.25) is 19.3 Å². The Morgan fingerprint density at radius 3 is 1.74 bits per heavy atom. The number of ether oxygens (including phenoxy) is 1. The first-order valence-electron chi connectivity index (χ1n) is 15.8. The van der Waals surface area contributed by atoms with Crippen molar-refractivity contribution < 1.29 is 23.9 Å². The van der Waals surface area contributed by atoms with E-state index in [-0.39, 0.29) is 6.42 Å². The molecule has 4 aromatic carbocycles. The Morgan fingerprint density at radius 2 is 1.26 bits per heavy atom. The van der Waals surface area contributed by atoms with Crippen molar-refractivity contribution in [1.29, 1.82) is 0 Å². The smallest absolute Gasteiger partial charge is 0.338 e. The van der Waals surface area contributed by atoms with Crippen LogP contribution >= 0.6 is 23.2 Å². The Hall–Kier alpha value is -4.46. The number of benzene rings is 4. The molecule has 4 aromatic rings. The third-order valence-corrected chi connectivity index (χ3v) is 10.9. The molecule has 1 N–H and O–H groups in total. The van der Waals surface area contributed by atoms with Crippen molar-refractivity contribution in [3.63, 3.8) is 0 Å². The summed E-state index contributed by atoms with van der Waals surface area (Å²) in [6.45, 7) is 2.34. The van der Waals surface area contributed by atoms with Gasteiger partial charge in [0.25, 0.3) is 0 Å². The number of unbranched alkanes of at least 4 members (excludes halogenated alkanes) is 1. The first-order valence-corrected chi connectivity index (χ1v) is 16.5. The molecule has 8 rings (SSSR count). The quantitative estimate of drug-likeness (QED) is 0.0920. The van der Waals surface area contributed by atoms with Crippen LogP contribution in [0.3, 0.4) is 0 Å². The van der Waals surface area contributed by atoms with Crippen molar-refractivity contribution in [2.24, 2.45) is 11.8 Å². The minimum absolute atomic E-state index is 0.0793. The van der Waals surface area contributed by atoms with Gasteiger partial charge in [-0.2, -0.15) is 0 Å². The highest BCUT2D eigenvalue weighted by Gasteiger charge is 2.73. The number of imide groups is 1. The fraction of sp³-hybridized carbons (Fsp3) is 0.263. The second-order valence-electron chi connectivity index (χ2n) is 12.3. The topological polar surface area (TPSA) is 92.8 Å². The van der Waals surface area contributed by atoms with E-state index < -0.39 is 51.3 Å². The third-order valence-electron chi connectivity index (χ3n) is 9.62. The number of nitrogens with zero attached hydrogens (tertiary/aromatic N) is 1. The van der Waals surface area contributed by atoms with Crippen LogP contribution in [-0.4, -0.2) is 41.2 Å². The molecule has 1 saturated heterocycles. The molecule has 2 bridgehead atoms. The second kappa shape index (κ2) is 12.0. The van der Waals surface area contributed by atoms with Gasteiger partial charge in [0.2, 0.25) is 17.7 Å². The zero-order valence-electron chi connectivity index (χ0n) is 25.6. The normalized spacial score (nSPS) is 24.3. The Morgan fingerprint density at radius 1 is 0.766 bits per heavy atom.